The van der Waals surface area contributed by atoms with Gasteiger partial charge in [-0.1, -0.05) is 32.1 Å². The van der Waals surface area contributed by atoms with E-state index in [1.54, 1.807) is 0 Å². The fourth-order valence-corrected chi connectivity index (χ4v) is 1.92. The minimum atomic E-state index is -0.205. The molecule has 1 fully saturated rings. The summed E-state index contributed by atoms with van der Waals surface area (Å²) in [4.78, 5) is 10.5. The van der Waals surface area contributed by atoms with Gasteiger partial charge in [-0.05, 0) is 12.8 Å². The molecule has 0 unspecified atom stereocenters. The van der Waals surface area contributed by atoms with Crippen LogP contribution in [0.4, 0.5) is 0 Å². The Hall–Kier alpha value is -0.570. The summed E-state index contributed by atoms with van der Waals surface area (Å²) < 4.78 is 4.87. The smallest absolute Gasteiger partial charge is 0.303 e. The van der Waals surface area contributed by atoms with Crippen molar-refractivity contribution in [1.82, 2.24) is 5.32 Å². The van der Waals surface area contributed by atoms with Crippen LogP contribution in [0.15, 0.2) is 0 Å². The van der Waals surface area contributed by atoms with E-state index >= 15 is 0 Å². The maximum atomic E-state index is 10.5. The molecule has 14 heavy (non-hydrogen) atoms. The molecule has 1 rings (SSSR count). The molecule has 0 atom stereocenters. The van der Waals surface area contributed by atoms with Crippen molar-refractivity contribution in [3.8, 4) is 0 Å². The quantitative estimate of drug-likeness (QED) is 0.559. The Labute approximate surface area is 86.2 Å². The summed E-state index contributed by atoms with van der Waals surface area (Å²) in [7, 11) is 0. The van der Waals surface area contributed by atoms with Gasteiger partial charge in [-0.2, -0.15) is 0 Å². The highest BCUT2D eigenvalue weighted by atomic mass is 16.5. The molecule has 0 aliphatic heterocycles. The molecule has 3 nitrogen and oxygen atoms in total. The van der Waals surface area contributed by atoms with E-state index in [1.165, 1.54) is 51.9 Å². The second kappa shape index (κ2) is 6.82. The third kappa shape index (κ3) is 5.22. The van der Waals surface area contributed by atoms with E-state index in [0.717, 1.165) is 0 Å². The summed E-state index contributed by atoms with van der Waals surface area (Å²) >= 11 is 0. The van der Waals surface area contributed by atoms with Crippen molar-refractivity contribution in [2.45, 2.75) is 57.9 Å². The van der Waals surface area contributed by atoms with Crippen molar-refractivity contribution in [3.05, 3.63) is 0 Å². The zero-order chi connectivity index (χ0) is 10.2. The van der Waals surface area contributed by atoms with Gasteiger partial charge in [0.1, 0.15) is 6.73 Å². The minimum absolute atomic E-state index is 0.205. The Morgan fingerprint density at radius 3 is 2.36 bits per heavy atom. The zero-order valence-corrected chi connectivity index (χ0v) is 9.05. The van der Waals surface area contributed by atoms with E-state index in [1.807, 2.05) is 0 Å². The molecule has 1 N–H and O–H groups in total. The van der Waals surface area contributed by atoms with E-state index in [9.17, 15) is 4.79 Å². The molecular weight excluding hydrogens is 178 g/mol. The van der Waals surface area contributed by atoms with Crippen LogP contribution in [0.3, 0.4) is 0 Å². The van der Waals surface area contributed by atoms with Crippen molar-refractivity contribution >= 4 is 5.97 Å². The summed E-state index contributed by atoms with van der Waals surface area (Å²) in [6, 6.07) is 0.551. The summed E-state index contributed by atoms with van der Waals surface area (Å²) in [6.07, 6.45) is 9.15. The average molecular weight is 199 g/mol. The Morgan fingerprint density at radius 1 is 1.21 bits per heavy atom. The Kier molecular flexibility index (Phi) is 5.60. The summed E-state index contributed by atoms with van der Waals surface area (Å²) in [6.45, 7) is 1.82. The minimum Gasteiger partial charge on any atom is -0.450 e. The van der Waals surface area contributed by atoms with Crippen molar-refractivity contribution in [3.63, 3.8) is 0 Å². The number of nitrogens with one attached hydrogen (secondary N) is 1. The third-order valence-corrected chi connectivity index (χ3v) is 2.75. The molecule has 1 saturated carbocycles. The number of rotatable bonds is 3. The average Bonchev–Trinajstić information content (AvgIpc) is 2.07. The molecule has 82 valence electrons. The van der Waals surface area contributed by atoms with E-state index in [4.69, 9.17) is 4.74 Å². The van der Waals surface area contributed by atoms with E-state index in [2.05, 4.69) is 5.32 Å². The molecule has 0 radical (unpaired) electrons. The summed E-state index contributed by atoms with van der Waals surface area (Å²) in [5.74, 6) is -0.205. The topological polar surface area (TPSA) is 38.3 Å². The maximum Gasteiger partial charge on any atom is 0.303 e. The van der Waals surface area contributed by atoms with Gasteiger partial charge in [-0.25, -0.2) is 0 Å². The predicted molar refractivity (Wildman–Crippen MR) is 55.9 cm³/mol. The van der Waals surface area contributed by atoms with Gasteiger partial charge >= 0.3 is 5.97 Å². The number of esters is 1. The number of carbonyl (C=O) groups excluding carboxylic acids is 1. The lowest BCUT2D eigenvalue weighted by Gasteiger charge is -2.20. The zero-order valence-electron chi connectivity index (χ0n) is 9.05. The van der Waals surface area contributed by atoms with Gasteiger partial charge in [0.15, 0.2) is 0 Å². The Bertz CT molecular complexity index is 163. The number of ether oxygens (including phenoxy) is 1. The summed E-state index contributed by atoms with van der Waals surface area (Å²) in [5.41, 5.74) is 0. The maximum absolute atomic E-state index is 10.5. The predicted octanol–water partition coefficient (Wildman–Crippen LogP) is 2.21. The van der Waals surface area contributed by atoms with Gasteiger partial charge in [0, 0.05) is 13.0 Å². The molecule has 0 aromatic carbocycles. The van der Waals surface area contributed by atoms with Crippen molar-refractivity contribution in [1.29, 1.82) is 0 Å². The molecular formula is C11H21NO2. The lowest BCUT2D eigenvalue weighted by molar-refractivity contribution is -0.141. The highest BCUT2D eigenvalue weighted by Crippen LogP contribution is 2.16. The highest BCUT2D eigenvalue weighted by molar-refractivity contribution is 5.65. The van der Waals surface area contributed by atoms with Gasteiger partial charge in [0.25, 0.3) is 0 Å². The lowest BCUT2D eigenvalue weighted by atomic mass is 9.97. The Morgan fingerprint density at radius 2 is 1.79 bits per heavy atom. The van der Waals surface area contributed by atoms with Crippen LogP contribution >= 0.6 is 0 Å². The first-order chi connectivity index (χ1) is 6.79. The largest absolute Gasteiger partial charge is 0.450 e. The van der Waals surface area contributed by atoms with Gasteiger partial charge < -0.3 is 4.74 Å². The van der Waals surface area contributed by atoms with Crippen LogP contribution in [0.5, 0.6) is 0 Å². The van der Waals surface area contributed by atoms with Crippen LogP contribution in [-0.2, 0) is 9.53 Å². The standard InChI is InChI=1S/C11H21NO2/c1-10(13)14-9-12-11-7-5-3-2-4-6-8-11/h11-12H,2-9H2,1H3. The Balaban J connectivity index is 2.10. The van der Waals surface area contributed by atoms with E-state index in [0.29, 0.717) is 12.8 Å². The third-order valence-electron chi connectivity index (χ3n) is 2.75. The van der Waals surface area contributed by atoms with Gasteiger partial charge in [-0.15, -0.1) is 0 Å². The second-order valence-corrected chi connectivity index (χ2v) is 4.03. The van der Waals surface area contributed by atoms with Crippen LogP contribution in [-0.4, -0.2) is 18.7 Å². The SMILES string of the molecule is CC(=O)OCNC1CCCCCCC1. The molecule has 0 amide bonds. The fraction of sp³-hybridized carbons (Fsp3) is 0.909. The fourth-order valence-electron chi connectivity index (χ4n) is 1.92. The molecule has 0 aromatic heterocycles. The molecule has 0 spiro atoms. The van der Waals surface area contributed by atoms with Gasteiger partial charge in [0.2, 0.25) is 0 Å². The highest BCUT2D eigenvalue weighted by Gasteiger charge is 2.10. The lowest BCUT2D eigenvalue weighted by Crippen LogP contribution is -2.32. The first kappa shape index (κ1) is 11.5. The summed E-state index contributed by atoms with van der Waals surface area (Å²) in [5, 5.41) is 3.28. The monoisotopic (exact) mass is 199 g/mol. The van der Waals surface area contributed by atoms with Gasteiger partial charge in [-0.3, -0.25) is 10.1 Å². The van der Waals surface area contributed by atoms with Crippen LogP contribution in [0.1, 0.15) is 51.9 Å². The molecule has 0 saturated heterocycles. The molecule has 3 heteroatoms. The van der Waals surface area contributed by atoms with Crippen molar-refractivity contribution < 1.29 is 9.53 Å². The van der Waals surface area contributed by atoms with Crippen LogP contribution in [0.25, 0.3) is 0 Å². The van der Waals surface area contributed by atoms with E-state index in [-0.39, 0.29) is 5.97 Å². The first-order valence-electron chi connectivity index (χ1n) is 5.66. The molecule has 0 aromatic rings. The second-order valence-electron chi connectivity index (χ2n) is 4.03. The molecule has 0 bridgehead atoms. The van der Waals surface area contributed by atoms with Crippen LogP contribution in [0.2, 0.25) is 0 Å². The van der Waals surface area contributed by atoms with E-state index < -0.39 is 0 Å². The van der Waals surface area contributed by atoms with Crippen molar-refractivity contribution in [2.75, 3.05) is 6.73 Å². The molecule has 1 aliphatic rings. The first-order valence-corrected chi connectivity index (χ1v) is 5.66. The molecule has 1 aliphatic carbocycles. The van der Waals surface area contributed by atoms with Gasteiger partial charge in [0.05, 0.1) is 0 Å². The molecule has 0 heterocycles. The number of carbonyl (C=O) groups is 1. The van der Waals surface area contributed by atoms with Crippen LogP contribution < -0.4 is 5.32 Å². The van der Waals surface area contributed by atoms with Crippen molar-refractivity contribution in [2.24, 2.45) is 0 Å². The normalized spacial score (nSPS) is 19.8. The number of hydrogen-bond acceptors (Lipinski definition) is 3. The van der Waals surface area contributed by atoms with Crippen LogP contribution in [0, 0.1) is 0 Å². The number of hydrogen-bond donors (Lipinski definition) is 1.